The van der Waals surface area contributed by atoms with Crippen LogP contribution < -0.4 is 15.4 Å². The Balaban J connectivity index is 1.93. The zero-order valence-corrected chi connectivity index (χ0v) is 12.0. The van der Waals surface area contributed by atoms with E-state index in [2.05, 4.69) is 0 Å². The molecule has 0 radical (unpaired) electrons. The van der Waals surface area contributed by atoms with Gasteiger partial charge in [-0.25, -0.2) is 4.90 Å². The van der Waals surface area contributed by atoms with Gasteiger partial charge in [-0.2, -0.15) is 0 Å². The smallest absolute Gasteiger partial charge is 0.237 e. The first-order chi connectivity index (χ1) is 10.2. The number of rotatable bonds is 4. The number of benzene rings is 1. The molecule has 1 saturated carbocycles. The second-order valence-electron chi connectivity index (χ2n) is 5.61. The second kappa shape index (κ2) is 5.85. The van der Waals surface area contributed by atoms with Crippen LogP contribution in [0.3, 0.4) is 0 Å². The average Bonchev–Trinajstić information content (AvgIpc) is 2.78. The molecule has 2 unspecified atom stereocenters. The molecule has 1 aliphatic carbocycles. The molecule has 1 aliphatic heterocycles. The summed E-state index contributed by atoms with van der Waals surface area (Å²) < 4.78 is 5.58. The van der Waals surface area contributed by atoms with Gasteiger partial charge in [0.1, 0.15) is 12.4 Å². The number of amides is 2. The molecule has 2 atom stereocenters. The molecule has 1 saturated heterocycles. The van der Waals surface area contributed by atoms with Gasteiger partial charge in [-0.05, 0) is 25.0 Å². The minimum absolute atomic E-state index is 0.0755. The van der Waals surface area contributed by atoms with Gasteiger partial charge >= 0.3 is 0 Å². The van der Waals surface area contributed by atoms with Crippen molar-refractivity contribution in [1.29, 1.82) is 0 Å². The van der Waals surface area contributed by atoms with Gasteiger partial charge in [0.25, 0.3) is 0 Å². The molecular formula is C16H20N2O3. The monoisotopic (exact) mass is 288 g/mol. The van der Waals surface area contributed by atoms with Crippen LogP contribution in [-0.2, 0) is 9.59 Å². The summed E-state index contributed by atoms with van der Waals surface area (Å²) in [5, 5.41) is 0. The van der Waals surface area contributed by atoms with Crippen molar-refractivity contribution in [2.24, 2.45) is 17.6 Å². The lowest BCUT2D eigenvalue weighted by molar-refractivity contribution is -0.122. The Morgan fingerprint density at radius 2 is 1.71 bits per heavy atom. The average molecular weight is 288 g/mol. The number of hydrogen-bond acceptors (Lipinski definition) is 4. The van der Waals surface area contributed by atoms with Crippen molar-refractivity contribution < 1.29 is 14.3 Å². The fraction of sp³-hybridized carbons (Fsp3) is 0.500. The molecule has 3 rings (SSSR count). The maximum absolute atomic E-state index is 12.6. The van der Waals surface area contributed by atoms with Crippen LogP contribution in [0, 0.1) is 11.8 Å². The summed E-state index contributed by atoms with van der Waals surface area (Å²) >= 11 is 0. The third-order valence-electron chi connectivity index (χ3n) is 4.32. The summed E-state index contributed by atoms with van der Waals surface area (Å²) in [6.45, 7) is 0.752. The summed E-state index contributed by atoms with van der Waals surface area (Å²) in [5.74, 6) is 0.105. The van der Waals surface area contributed by atoms with E-state index in [4.69, 9.17) is 10.5 Å². The number of nitrogens with zero attached hydrogens (tertiary/aromatic N) is 1. The van der Waals surface area contributed by atoms with Crippen molar-refractivity contribution in [3.8, 4) is 5.75 Å². The topological polar surface area (TPSA) is 72.6 Å². The molecule has 0 bridgehead atoms. The van der Waals surface area contributed by atoms with E-state index in [0.717, 1.165) is 25.7 Å². The van der Waals surface area contributed by atoms with Crippen molar-refractivity contribution in [3.63, 3.8) is 0 Å². The predicted octanol–water partition coefficient (Wildman–Crippen LogP) is 1.70. The molecule has 5 nitrogen and oxygen atoms in total. The lowest BCUT2D eigenvalue weighted by Gasteiger charge is -2.19. The molecule has 1 heterocycles. The molecule has 112 valence electrons. The van der Waals surface area contributed by atoms with E-state index < -0.39 is 0 Å². The van der Waals surface area contributed by atoms with Crippen LogP contribution in [-0.4, -0.2) is 25.0 Å². The zero-order chi connectivity index (χ0) is 14.8. The predicted molar refractivity (Wildman–Crippen MR) is 78.9 cm³/mol. The fourth-order valence-electron chi connectivity index (χ4n) is 3.33. The molecule has 2 amide bonds. The second-order valence-corrected chi connectivity index (χ2v) is 5.61. The molecule has 2 aliphatic rings. The molecule has 2 N–H and O–H groups in total. The van der Waals surface area contributed by atoms with Gasteiger partial charge in [-0.15, -0.1) is 0 Å². The van der Waals surface area contributed by atoms with Crippen molar-refractivity contribution in [3.05, 3.63) is 24.3 Å². The maximum Gasteiger partial charge on any atom is 0.237 e. The number of para-hydroxylation sites is 2. The molecule has 0 spiro atoms. The van der Waals surface area contributed by atoms with E-state index in [9.17, 15) is 9.59 Å². The Labute approximate surface area is 124 Å². The zero-order valence-electron chi connectivity index (χ0n) is 12.0. The van der Waals surface area contributed by atoms with Crippen LogP contribution in [0.25, 0.3) is 0 Å². The van der Waals surface area contributed by atoms with Gasteiger partial charge < -0.3 is 10.5 Å². The molecule has 5 heteroatoms. The minimum atomic E-state index is -0.145. The molecule has 21 heavy (non-hydrogen) atoms. The normalized spacial score (nSPS) is 25.1. The first-order valence-electron chi connectivity index (χ1n) is 7.53. The number of carbonyl (C=O) groups is 2. The van der Waals surface area contributed by atoms with Crippen LogP contribution in [0.1, 0.15) is 25.7 Å². The number of ether oxygens (including phenoxy) is 1. The van der Waals surface area contributed by atoms with Gasteiger partial charge in [0, 0.05) is 6.54 Å². The van der Waals surface area contributed by atoms with E-state index in [-0.39, 0.29) is 23.7 Å². The molecule has 0 aromatic heterocycles. The lowest BCUT2D eigenvalue weighted by atomic mass is 9.81. The summed E-state index contributed by atoms with van der Waals surface area (Å²) in [7, 11) is 0. The third-order valence-corrected chi connectivity index (χ3v) is 4.32. The molecule has 2 fully saturated rings. The third kappa shape index (κ3) is 2.42. The maximum atomic E-state index is 12.6. The number of nitrogens with two attached hydrogens (primary N) is 1. The molecule has 1 aromatic carbocycles. The van der Waals surface area contributed by atoms with Crippen LogP contribution in [0.4, 0.5) is 5.69 Å². The number of carbonyl (C=O) groups excluding carboxylic acids is 2. The Morgan fingerprint density at radius 3 is 2.33 bits per heavy atom. The van der Waals surface area contributed by atoms with Crippen LogP contribution >= 0.6 is 0 Å². The molecular weight excluding hydrogens is 268 g/mol. The van der Waals surface area contributed by atoms with Gasteiger partial charge in [0.05, 0.1) is 17.5 Å². The largest absolute Gasteiger partial charge is 0.490 e. The molecule has 1 aromatic rings. The summed E-state index contributed by atoms with van der Waals surface area (Å²) in [5.41, 5.74) is 6.01. The summed E-state index contributed by atoms with van der Waals surface area (Å²) in [6.07, 6.45) is 3.69. The highest BCUT2D eigenvalue weighted by Crippen LogP contribution is 2.42. The SMILES string of the molecule is NCCOc1ccccc1N1C(=O)C2CCCCC2C1=O. The number of imide groups is 1. The minimum Gasteiger partial charge on any atom is -0.490 e. The quantitative estimate of drug-likeness (QED) is 0.856. The van der Waals surface area contributed by atoms with Gasteiger partial charge in [0.15, 0.2) is 0 Å². The highest BCUT2D eigenvalue weighted by Gasteiger charge is 2.49. The standard InChI is InChI=1S/C16H20N2O3/c17-9-10-21-14-8-4-3-7-13(14)18-15(19)11-5-1-2-6-12(11)16(18)20/h3-4,7-8,11-12H,1-2,5-6,9-10,17H2. The summed E-state index contributed by atoms with van der Waals surface area (Å²) in [4.78, 5) is 26.5. The van der Waals surface area contributed by atoms with E-state index in [1.54, 1.807) is 12.1 Å². The van der Waals surface area contributed by atoms with Crippen LogP contribution in [0.2, 0.25) is 0 Å². The Bertz CT molecular complexity index is 534. The van der Waals surface area contributed by atoms with Gasteiger partial charge in [-0.3, -0.25) is 9.59 Å². The van der Waals surface area contributed by atoms with Crippen molar-refractivity contribution in [2.75, 3.05) is 18.1 Å². The Kier molecular flexibility index (Phi) is 3.92. The first kappa shape index (κ1) is 14.1. The van der Waals surface area contributed by atoms with Crippen LogP contribution in [0.5, 0.6) is 5.75 Å². The van der Waals surface area contributed by atoms with Crippen molar-refractivity contribution >= 4 is 17.5 Å². The number of anilines is 1. The van der Waals surface area contributed by atoms with E-state index >= 15 is 0 Å². The highest BCUT2D eigenvalue weighted by atomic mass is 16.5. The lowest BCUT2D eigenvalue weighted by Crippen LogP contribution is -2.31. The van der Waals surface area contributed by atoms with Crippen molar-refractivity contribution in [1.82, 2.24) is 0 Å². The fourth-order valence-corrected chi connectivity index (χ4v) is 3.33. The number of hydrogen-bond donors (Lipinski definition) is 1. The van der Waals surface area contributed by atoms with E-state index in [0.29, 0.717) is 24.6 Å². The van der Waals surface area contributed by atoms with E-state index in [1.165, 1.54) is 4.90 Å². The first-order valence-corrected chi connectivity index (χ1v) is 7.53. The van der Waals surface area contributed by atoms with Gasteiger partial charge in [-0.1, -0.05) is 25.0 Å². The van der Waals surface area contributed by atoms with Gasteiger partial charge in [0.2, 0.25) is 11.8 Å². The Hall–Kier alpha value is -1.88. The van der Waals surface area contributed by atoms with E-state index in [1.807, 2.05) is 12.1 Å². The highest BCUT2D eigenvalue weighted by molar-refractivity contribution is 6.22. The summed E-state index contributed by atoms with van der Waals surface area (Å²) in [6, 6.07) is 7.17. The van der Waals surface area contributed by atoms with Crippen LogP contribution in [0.15, 0.2) is 24.3 Å². The number of fused-ring (bicyclic) bond motifs is 1. The Morgan fingerprint density at radius 1 is 1.10 bits per heavy atom. The van der Waals surface area contributed by atoms with Crippen molar-refractivity contribution in [2.45, 2.75) is 25.7 Å².